The molecule has 0 spiro atoms. The highest BCUT2D eigenvalue weighted by Gasteiger charge is 2.23. The van der Waals surface area contributed by atoms with E-state index in [1.807, 2.05) is 13.8 Å². The third kappa shape index (κ3) is 6.16. The Morgan fingerprint density at radius 2 is 1.67 bits per heavy atom. The topological polar surface area (TPSA) is 23.5 Å². The van der Waals surface area contributed by atoms with Crippen LogP contribution >= 0.6 is 0 Å². The van der Waals surface area contributed by atoms with Crippen molar-refractivity contribution >= 4 is 0 Å². The number of nitrogens with zero attached hydrogens (tertiary/aromatic N) is 1. The van der Waals surface area contributed by atoms with E-state index in [1.54, 1.807) is 0 Å². The van der Waals surface area contributed by atoms with Gasteiger partial charge in [-0.1, -0.05) is 34.6 Å². The first kappa shape index (κ1) is 14.9. The summed E-state index contributed by atoms with van der Waals surface area (Å²) in [5.74, 6) is 0.897. The lowest BCUT2D eigenvalue weighted by molar-refractivity contribution is 0.0835. The summed E-state index contributed by atoms with van der Waals surface area (Å²) in [5.41, 5.74) is 0.0700. The first-order valence-electron chi connectivity index (χ1n) is 6.37. The zero-order valence-electron chi connectivity index (χ0n) is 11.2. The molecule has 2 heteroatoms. The summed E-state index contributed by atoms with van der Waals surface area (Å²) in [4.78, 5) is 2.48. The SMILES string of the molecule is CC.CC1CCN(CC(C)(C)CO)CC1. The molecular weight excluding hydrogens is 186 g/mol. The zero-order valence-corrected chi connectivity index (χ0v) is 11.2. The van der Waals surface area contributed by atoms with Gasteiger partial charge in [-0.3, -0.25) is 0 Å². The fourth-order valence-corrected chi connectivity index (χ4v) is 1.88. The highest BCUT2D eigenvalue weighted by atomic mass is 16.3. The predicted molar refractivity (Wildman–Crippen MR) is 67.1 cm³/mol. The Bertz CT molecular complexity index is 149. The van der Waals surface area contributed by atoms with Gasteiger partial charge in [0.2, 0.25) is 0 Å². The average Bonchev–Trinajstić information content (AvgIpc) is 2.24. The third-order valence-electron chi connectivity index (χ3n) is 2.96. The van der Waals surface area contributed by atoms with E-state index in [0.717, 1.165) is 12.5 Å². The van der Waals surface area contributed by atoms with Gasteiger partial charge in [0.15, 0.2) is 0 Å². The van der Waals surface area contributed by atoms with Crippen LogP contribution in [-0.2, 0) is 0 Å². The van der Waals surface area contributed by atoms with Crippen LogP contribution in [0.2, 0.25) is 0 Å². The summed E-state index contributed by atoms with van der Waals surface area (Å²) in [7, 11) is 0. The molecule has 1 aliphatic heterocycles. The molecular formula is C13H29NO. The molecule has 15 heavy (non-hydrogen) atoms. The van der Waals surface area contributed by atoms with Crippen LogP contribution in [0.3, 0.4) is 0 Å². The minimum Gasteiger partial charge on any atom is -0.396 e. The molecule has 0 unspecified atom stereocenters. The smallest absolute Gasteiger partial charge is 0.0494 e. The molecule has 0 bridgehead atoms. The van der Waals surface area contributed by atoms with Crippen molar-refractivity contribution in [1.29, 1.82) is 0 Å². The van der Waals surface area contributed by atoms with Gasteiger partial charge in [0.05, 0.1) is 0 Å². The fraction of sp³-hybridized carbons (Fsp3) is 1.00. The van der Waals surface area contributed by atoms with Crippen molar-refractivity contribution in [1.82, 2.24) is 4.90 Å². The van der Waals surface area contributed by atoms with Gasteiger partial charge in [-0.15, -0.1) is 0 Å². The summed E-state index contributed by atoms with van der Waals surface area (Å²) in [6, 6.07) is 0. The van der Waals surface area contributed by atoms with Crippen LogP contribution in [0.4, 0.5) is 0 Å². The van der Waals surface area contributed by atoms with Crippen LogP contribution in [0.15, 0.2) is 0 Å². The number of likely N-dealkylation sites (tertiary alicyclic amines) is 1. The maximum absolute atomic E-state index is 9.15. The quantitative estimate of drug-likeness (QED) is 0.782. The van der Waals surface area contributed by atoms with Crippen LogP contribution in [0.5, 0.6) is 0 Å². The molecule has 0 aliphatic carbocycles. The number of aliphatic hydroxyl groups is 1. The van der Waals surface area contributed by atoms with E-state index >= 15 is 0 Å². The number of piperidine rings is 1. The first-order valence-corrected chi connectivity index (χ1v) is 6.37. The second-order valence-electron chi connectivity index (χ2n) is 5.28. The zero-order chi connectivity index (χ0) is 11.9. The second kappa shape index (κ2) is 7.24. The van der Waals surface area contributed by atoms with Crippen molar-refractivity contribution in [3.05, 3.63) is 0 Å². The fourth-order valence-electron chi connectivity index (χ4n) is 1.88. The van der Waals surface area contributed by atoms with Crippen molar-refractivity contribution in [3.63, 3.8) is 0 Å². The Labute approximate surface area is 95.7 Å². The highest BCUT2D eigenvalue weighted by Crippen LogP contribution is 2.21. The number of hydrogen-bond acceptors (Lipinski definition) is 2. The largest absolute Gasteiger partial charge is 0.396 e. The summed E-state index contributed by atoms with van der Waals surface area (Å²) in [6.07, 6.45) is 2.64. The number of hydrogen-bond donors (Lipinski definition) is 1. The predicted octanol–water partition coefficient (Wildman–Crippen LogP) is 2.76. The van der Waals surface area contributed by atoms with Crippen LogP contribution in [0, 0.1) is 11.3 Å². The maximum Gasteiger partial charge on any atom is 0.0494 e. The lowest BCUT2D eigenvalue weighted by Gasteiger charge is -2.35. The highest BCUT2D eigenvalue weighted by molar-refractivity contribution is 4.76. The van der Waals surface area contributed by atoms with E-state index in [1.165, 1.54) is 25.9 Å². The summed E-state index contributed by atoms with van der Waals surface area (Å²) in [5, 5.41) is 9.15. The molecule has 0 radical (unpaired) electrons. The van der Waals surface area contributed by atoms with Crippen molar-refractivity contribution < 1.29 is 5.11 Å². The van der Waals surface area contributed by atoms with Crippen molar-refractivity contribution in [2.75, 3.05) is 26.2 Å². The van der Waals surface area contributed by atoms with E-state index in [9.17, 15) is 0 Å². The Morgan fingerprint density at radius 1 is 1.20 bits per heavy atom. The van der Waals surface area contributed by atoms with Crippen LogP contribution in [0.25, 0.3) is 0 Å². The van der Waals surface area contributed by atoms with E-state index in [0.29, 0.717) is 6.61 Å². The van der Waals surface area contributed by atoms with Gasteiger partial charge < -0.3 is 10.0 Å². The van der Waals surface area contributed by atoms with Crippen molar-refractivity contribution in [3.8, 4) is 0 Å². The minimum absolute atomic E-state index is 0.0700. The third-order valence-corrected chi connectivity index (χ3v) is 2.96. The van der Waals surface area contributed by atoms with E-state index in [-0.39, 0.29) is 5.41 Å². The normalized spacial score (nSPS) is 19.6. The molecule has 0 saturated carbocycles. The van der Waals surface area contributed by atoms with Crippen LogP contribution in [-0.4, -0.2) is 36.2 Å². The molecule has 1 N–H and O–H groups in total. The maximum atomic E-state index is 9.15. The molecule has 0 amide bonds. The van der Waals surface area contributed by atoms with Gasteiger partial charge in [0, 0.05) is 18.6 Å². The lowest BCUT2D eigenvalue weighted by atomic mass is 9.91. The Morgan fingerprint density at radius 3 is 2.07 bits per heavy atom. The average molecular weight is 215 g/mol. The molecule has 0 atom stereocenters. The van der Waals surface area contributed by atoms with E-state index in [4.69, 9.17) is 5.11 Å². The molecule has 92 valence electrons. The first-order chi connectivity index (χ1) is 7.03. The summed E-state index contributed by atoms with van der Waals surface area (Å²) in [6.45, 7) is 14.3. The molecule has 1 fully saturated rings. The molecule has 0 aromatic carbocycles. The standard InChI is InChI=1S/C11H23NO.C2H6/c1-10-4-6-12(7-5-10)8-11(2,3)9-13;1-2/h10,13H,4-9H2,1-3H3;1-2H3. The van der Waals surface area contributed by atoms with Gasteiger partial charge in [0.1, 0.15) is 0 Å². The lowest BCUT2D eigenvalue weighted by Crippen LogP contribution is -2.40. The number of aliphatic hydroxyl groups excluding tert-OH is 1. The van der Waals surface area contributed by atoms with Gasteiger partial charge >= 0.3 is 0 Å². The van der Waals surface area contributed by atoms with E-state index < -0.39 is 0 Å². The molecule has 2 nitrogen and oxygen atoms in total. The van der Waals surface area contributed by atoms with Crippen molar-refractivity contribution in [2.45, 2.75) is 47.5 Å². The Balaban J connectivity index is 0.000000921. The molecule has 0 aromatic heterocycles. The minimum atomic E-state index is 0.0700. The second-order valence-corrected chi connectivity index (χ2v) is 5.28. The van der Waals surface area contributed by atoms with Gasteiger partial charge in [-0.25, -0.2) is 0 Å². The van der Waals surface area contributed by atoms with Gasteiger partial charge in [-0.2, -0.15) is 0 Å². The van der Waals surface area contributed by atoms with E-state index in [2.05, 4.69) is 25.7 Å². The van der Waals surface area contributed by atoms with Crippen molar-refractivity contribution in [2.24, 2.45) is 11.3 Å². The summed E-state index contributed by atoms with van der Waals surface area (Å²) >= 11 is 0. The van der Waals surface area contributed by atoms with Gasteiger partial charge in [0.25, 0.3) is 0 Å². The monoisotopic (exact) mass is 215 g/mol. The Hall–Kier alpha value is -0.0800. The van der Waals surface area contributed by atoms with Crippen LogP contribution < -0.4 is 0 Å². The van der Waals surface area contributed by atoms with Gasteiger partial charge in [-0.05, 0) is 31.8 Å². The summed E-state index contributed by atoms with van der Waals surface area (Å²) < 4.78 is 0. The molecule has 0 aromatic rings. The molecule has 1 saturated heterocycles. The molecule has 1 rings (SSSR count). The molecule has 1 heterocycles. The number of rotatable bonds is 3. The molecule has 1 aliphatic rings. The Kier molecular flexibility index (Phi) is 7.20. The van der Waals surface area contributed by atoms with Crippen LogP contribution in [0.1, 0.15) is 47.5 Å².